The number of carbonyl (C=O) groups excluding carboxylic acids is 1. The first-order valence-electron chi connectivity index (χ1n) is 18.2. The van der Waals surface area contributed by atoms with Crippen LogP contribution in [0.2, 0.25) is 0 Å². The van der Waals surface area contributed by atoms with Crippen LogP contribution in [0.15, 0.2) is 99.7 Å². The van der Waals surface area contributed by atoms with Gasteiger partial charge >= 0.3 is 0 Å². The Hall–Kier alpha value is -5.97. The second-order valence-corrected chi connectivity index (χ2v) is 13.9. The van der Waals surface area contributed by atoms with Crippen LogP contribution in [0.4, 0.5) is 11.4 Å². The molecular weight excluding hydrogens is 668 g/mol. The lowest BCUT2D eigenvalue weighted by Gasteiger charge is -2.32. The molecule has 0 saturated carbocycles. The molecular formula is C42H42N6O5. The lowest BCUT2D eigenvalue weighted by atomic mass is 9.98. The van der Waals surface area contributed by atoms with Crippen molar-refractivity contribution in [2.75, 3.05) is 38.4 Å². The van der Waals surface area contributed by atoms with Crippen LogP contribution in [0.5, 0.6) is 17.2 Å². The monoisotopic (exact) mass is 710 g/mol. The van der Waals surface area contributed by atoms with Crippen LogP contribution in [0.3, 0.4) is 0 Å². The van der Waals surface area contributed by atoms with Crippen molar-refractivity contribution in [1.82, 2.24) is 14.5 Å². The van der Waals surface area contributed by atoms with E-state index in [1.165, 1.54) is 7.11 Å². The zero-order chi connectivity index (χ0) is 36.5. The maximum absolute atomic E-state index is 14.3. The molecule has 3 aliphatic heterocycles. The Morgan fingerprint density at radius 3 is 2.43 bits per heavy atom. The van der Waals surface area contributed by atoms with Gasteiger partial charge in [-0.05, 0) is 80.1 Å². The summed E-state index contributed by atoms with van der Waals surface area (Å²) < 4.78 is 19.2. The molecule has 1 amide bonds. The maximum Gasteiger partial charge on any atom is 0.266 e. The molecule has 1 aromatic heterocycles. The average Bonchev–Trinajstić information content (AvgIpc) is 3.62. The first-order chi connectivity index (χ1) is 25.9. The van der Waals surface area contributed by atoms with E-state index in [9.17, 15) is 9.59 Å². The van der Waals surface area contributed by atoms with Gasteiger partial charge in [-0.3, -0.25) is 19.1 Å². The number of anilines is 1. The predicted octanol–water partition coefficient (Wildman–Crippen LogP) is 7.45. The normalized spacial score (nSPS) is 17.5. The lowest BCUT2D eigenvalue weighted by molar-refractivity contribution is 0.0774. The van der Waals surface area contributed by atoms with Gasteiger partial charge in [0.05, 0.1) is 41.0 Å². The van der Waals surface area contributed by atoms with Crippen LogP contribution in [-0.2, 0) is 0 Å². The highest BCUT2D eigenvalue weighted by Gasteiger charge is 2.32. The van der Waals surface area contributed by atoms with Crippen LogP contribution in [0.25, 0.3) is 28.0 Å². The molecule has 0 N–H and O–H groups in total. The highest BCUT2D eigenvalue weighted by Crippen LogP contribution is 2.38. The first kappa shape index (κ1) is 34.1. The molecule has 0 bridgehead atoms. The van der Waals surface area contributed by atoms with Gasteiger partial charge in [-0.1, -0.05) is 37.3 Å². The molecule has 11 nitrogen and oxygen atoms in total. The number of hydrogen-bond donors (Lipinski definition) is 0. The molecule has 3 aliphatic rings. The molecule has 53 heavy (non-hydrogen) atoms. The van der Waals surface area contributed by atoms with Crippen LogP contribution >= 0.6 is 0 Å². The van der Waals surface area contributed by atoms with Crippen LogP contribution in [0.1, 0.15) is 49.9 Å². The van der Waals surface area contributed by atoms with Gasteiger partial charge in [0, 0.05) is 50.1 Å². The Bertz CT molecular complexity index is 2280. The minimum Gasteiger partial charge on any atom is -0.493 e. The van der Waals surface area contributed by atoms with Gasteiger partial charge in [0.15, 0.2) is 24.1 Å². The third-order valence-electron chi connectivity index (χ3n) is 10.4. The Balaban J connectivity index is 1.01. The van der Waals surface area contributed by atoms with Crippen molar-refractivity contribution in [3.63, 3.8) is 0 Å². The van der Waals surface area contributed by atoms with E-state index in [2.05, 4.69) is 27.9 Å². The quantitative estimate of drug-likeness (QED) is 0.122. The standard InChI is InChI=1S/C42H42N6O5/c1-27-17-20-46(21-18-27)31-13-16-36-34(22-31)42(50)48(40(45-36)29-8-5-4-6-9-29)30-11-14-33(15-12-30)52-26-44-28(2)53-39-24-37-35(23-38(39)51-3)41(49)47-19-7-10-32(47)25-43-37/h4-6,8-9,11-16,22-25,27,32H,7,10,17-21,26H2,1-3H3. The number of methoxy groups -OCH3 is 1. The molecule has 0 aliphatic carbocycles. The molecule has 2 fully saturated rings. The number of aliphatic imine (C=N–C) groups is 2. The molecule has 1 atom stereocenters. The van der Waals surface area contributed by atoms with E-state index in [1.54, 1.807) is 23.6 Å². The Morgan fingerprint density at radius 2 is 1.66 bits per heavy atom. The zero-order valence-corrected chi connectivity index (χ0v) is 30.2. The van der Waals surface area contributed by atoms with Crippen LogP contribution in [-0.4, -0.2) is 72.0 Å². The number of piperidine rings is 1. The summed E-state index contributed by atoms with van der Waals surface area (Å²) >= 11 is 0. The number of nitrogens with zero attached hydrogens (tertiary/aromatic N) is 6. The smallest absolute Gasteiger partial charge is 0.266 e. The molecule has 0 radical (unpaired) electrons. The van der Waals surface area contributed by atoms with Gasteiger partial charge in [-0.25, -0.2) is 9.98 Å². The Morgan fingerprint density at radius 1 is 0.887 bits per heavy atom. The molecule has 270 valence electrons. The molecule has 4 aromatic carbocycles. The van der Waals surface area contributed by atoms with Crippen molar-refractivity contribution in [2.24, 2.45) is 15.9 Å². The van der Waals surface area contributed by atoms with Gasteiger partial charge < -0.3 is 24.0 Å². The van der Waals surface area contributed by atoms with Gasteiger partial charge in [0.25, 0.3) is 11.5 Å². The second kappa shape index (κ2) is 14.6. The van der Waals surface area contributed by atoms with Crippen molar-refractivity contribution in [3.8, 4) is 34.3 Å². The van der Waals surface area contributed by atoms with E-state index in [-0.39, 0.29) is 24.2 Å². The van der Waals surface area contributed by atoms with Gasteiger partial charge in [0.1, 0.15) is 11.6 Å². The maximum atomic E-state index is 14.3. The molecule has 8 rings (SSSR count). The first-order valence-corrected chi connectivity index (χ1v) is 18.2. The highest BCUT2D eigenvalue weighted by atomic mass is 16.5. The van der Waals surface area contributed by atoms with Crippen molar-refractivity contribution < 1.29 is 19.0 Å². The Kier molecular flexibility index (Phi) is 9.39. The van der Waals surface area contributed by atoms with E-state index < -0.39 is 0 Å². The minimum absolute atomic E-state index is 0.00346. The number of carbonyl (C=O) groups is 1. The molecule has 4 heterocycles. The summed E-state index contributed by atoms with van der Waals surface area (Å²) in [5.41, 5.74) is 4.14. The number of benzene rings is 4. The van der Waals surface area contributed by atoms with Crippen molar-refractivity contribution in [1.29, 1.82) is 0 Å². The molecule has 0 spiro atoms. The summed E-state index contributed by atoms with van der Waals surface area (Å²) in [6, 6.07) is 26.5. The summed E-state index contributed by atoms with van der Waals surface area (Å²) in [6.45, 7) is 6.69. The van der Waals surface area contributed by atoms with Crippen molar-refractivity contribution in [3.05, 3.63) is 101 Å². The summed E-state index contributed by atoms with van der Waals surface area (Å²) in [7, 11) is 1.54. The fourth-order valence-corrected chi connectivity index (χ4v) is 7.33. The van der Waals surface area contributed by atoms with E-state index in [1.807, 2.05) is 77.8 Å². The second-order valence-electron chi connectivity index (χ2n) is 13.9. The van der Waals surface area contributed by atoms with Crippen molar-refractivity contribution >= 4 is 40.3 Å². The highest BCUT2D eigenvalue weighted by molar-refractivity contribution is 6.03. The van der Waals surface area contributed by atoms with Crippen LogP contribution in [0, 0.1) is 5.92 Å². The third kappa shape index (κ3) is 6.86. The van der Waals surface area contributed by atoms with E-state index >= 15 is 0 Å². The van der Waals surface area contributed by atoms with Crippen molar-refractivity contribution in [2.45, 2.75) is 45.6 Å². The number of ether oxygens (including phenoxy) is 3. The zero-order valence-electron chi connectivity index (χ0n) is 30.2. The van der Waals surface area contributed by atoms with Gasteiger partial charge in [0.2, 0.25) is 0 Å². The third-order valence-corrected chi connectivity index (χ3v) is 10.4. The molecule has 5 aromatic rings. The van der Waals surface area contributed by atoms with E-state index in [0.29, 0.717) is 62.7 Å². The van der Waals surface area contributed by atoms with Gasteiger partial charge in [-0.2, -0.15) is 0 Å². The number of amides is 1. The summed E-state index contributed by atoms with van der Waals surface area (Å²) in [6.07, 6.45) is 6.00. The van der Waals surface area contributed by atoms with Crippen LogP contribution < -0.4 is 24.7 Å². The van der Waals surface area contributed by atoms with Gasteiger partial charge in [-0.15, -0.1) is 0 Å². The average molecular weight is 711 g/mol. The van der Waals surface area contributed by atoms with E-state index in [0.717, 1.165) is 56.6 Å². The SMILES string of the molecule is COc1cc2c(cc1OC(C)=NCOc1ccc(-n3c(-c4ccccc4)nc4ccc(N5CCC(C)CC5)cc4c3=O)cc1)N=CC1CCCN1C2=O. The molecule has 11 heteroatoms. The number of rotatable bonds is 8. The lowest BCUT2D eigenvalue weighted by Crippen LogP contribution is -2.35. The number of aromatic nitrogens is 2. The number of hydrogen-bond acceptors (Lipinski definition) is 9. The fraction of sp³-hybridized carbons (Fsp3) is 0.310. The largest absolute Gasteiger partial charge is 0.493 e. The summed E-state index contributed by atoms with van der Waals surface area (Å²) in [4.78, 5) is 45.8. The summed E-state index contributed by atoms with van der Waals surface area (Å²) in [5, 5.41) is 0.579. The Labute approximate surface area is 308 Å². The minimum atomic E-state index is -0.129. The topological polar surface area (TPSA) is 111 Å². The predicted molar refractivity (Wildman–Crippen MR) is 208 cm³/mol. The summed E-state index contributed by atoms with van der Waals surface area (Å²) in [5.74, 6) is 2.98. The molecule has 1 unspecified atom stereocenters. The molecule has 2 saturated heterocycles. The number of fused-ring (bicyclic) bond motifs is 3. The fourth-order valence-electron chi connectivity index (χ4n) is 7.33. The van der Waals surface area contributed by atoms with E-state index in [4.69, 9.17) is 19.2 Å².